The molecule has 0 aromatic carbocycles. The molecule has 1 unspecified atom stereocenters. The molecule has 3 heterocycles. The predicted molar refractivity (Wildman–Crippen MR) is 80.7 cm³/mol. The molecule has 1 saturated heterocycles. The van der Waals surface area contributed by atoms with Crippen LogP contribution in [0.2, 0.25) is 0 Å². The van der Waals surface area contributed by atoms with Crippen molar-refractivity contribution >= 4 is 5.91 Å². The smallest absolute Gasteiger partial charge is 0.255 e. The quantitative estimate of drug-likeness (QED) is 0.849. The zero-order chi connectivity index (χ0) is 16.2. The van der Waals surface area contributed by atoms with Crippen molar-refractivity contribution in [3.63, 3.8) is 0 Å². The fourth-order valence-electron chi connectivity index (χ4n) is 2.54. The molecular weight excluding hydrogens is 294 g/mol. The van der Waals surface area contributed by atoms with Gasteiger partial charge in [-0.3, -0.25) is 9.78 Å². The highest BCUT2D eigenvalue weighted by Crippen LogP contribution is 2.20. The summed E-state index contributed by atoms with van der Waals surface area (Å²) in [6.07, 6.45) is 5.08. The summed E-state index contributed by atoms with van der Waals surface area (Å²) < 4.78 is 5.74. The number of aromatic nitrogens is 3. The number of hydrogen-bond donors (Lipinski definition) is 0. The van der Waals surface area contributed by atoms with Gasteiger partial charge < -0.3 is 9.64 Å². The van der Waals surface area contributed by atoms with E-state index in [9.17, 15) is 4.79 Å². The summed E-state index contributed by atoms with van der Waals surface area (Å²) in [5.41, 5.74) is 1.47. The molecule has 23 heavy (non-hydrogen) atoms. The van der Waals surface area contributed by atoms with Gasteiger partial charge in [0.1, 0.15) is 12.2 Å². The van der Waals surface area contributed by atoms with E-state index in [0.717, 1.165) is 0 Å². The summed E-state index contributed by atoms with van der Waals surface area (Å²) in [4.78, 5) is 26.4. The summed E-state index contributed by atoms with van der Waals surface area (Å²) in [6.45, 7) is 2.87. The zero-order valence-electron chi connectivity index (χ0n) is 12.6. The maximum absolute atomic E-state index is 12.5. The second-order valence-corrected chi connectivity index (χ2v) is 5.24. The Hall–Kier alpha value is -3.01. The third-order valence-corrected chi connectivity index (χ3v) is 3.72. The van der Waals surface area contributed by atoms with Crippen LogP contribution in [0.1, 0.15) is 28.2 Å². The second-order valence-electron chi connectivity index (χ2n) is 5.24. The highest BCUT2D eigenvalue weighted by atomic mass is 16.5. The summed E-state index contributed by atoms with van der Waals surface area (Å²) in [6, 6.07) is 5.48. The molecule has 0 bridgehead atoms. The fourth-order valence-corrected chi connectivity index (χ4v) is 2.54. The molecule has 1 aliphatic rings. The average molecular weight is 309 g/mol. The van der Waals surface area contributed by atoms with Crippen molar-refractivity contribution in [1.82, 2.24) is 19.9 Å². The first-order chi connectivity index (χ1) is 11.2. The molecule has 3 rings (SSSR count). The molecule has 0 spiro atoms. The molecule has 1 atom stereocenters. The number of aryl methyl sites for hydroxylation is 1. The van der Waals surface area contributed by atoms with Gasteiger partial charge in [0, 0.05) is 37.3 Å². The average Bonchev–Trinajstić information content (AvgIpc) is 3.04. The monoisotopic (exact) mass is 309 g/mol. The molecule has 1 amide bonds. The van der Waals surface area contributed by atoms with Crippen LogP contribution in [0.5, 0.6) is 5.88 Å². The Morgan fingerprint density at radius 3 is 2.96 bits per heavy atom. The Kier molecular flexibility index (Phi) is 4.15. The normalized spacial score (nSPS) is 16.9. The summed E-state index contributed by atoms with van der Waals surface area (Å²) in [5.74, 6) is 0.160. The van der Waals surface area contributed by atoms with E-state index in [4.69, 9.17) is 10.00 Å². The summed E-state index contributed by atoms with van der Waals surface area (Å²) in [5, 5.41) is 9.01. The number of carbonyl (C=O) groups is 1. The molecule has 2 aromatic rings. The molecular formula is C16H15N5O2. The van der Waals surface area contributed by atoms with Gasteiger partial charge in [0.05, 0.1) is 12.1 Å². The minimum absolute atomic E-state index is 0.0543. The van der Waals surface area contributed by atoms with Crippen molar-refractivity contribution < 1.29 is 9.53 Å². The third kappa shape index (κ3) is 3.11. The molecule has 7 nitrogen and oxygen atoms in total. The Morgan fingerprint density at radius 2 is 2.17 bits per heavy atom. The summed E-state index contributed by atoms with van der Waals surface area (Å²) >= 11 is 0. The number of rotatable bonds is 3. The molecule has 116 valence electrons. The van der Waals surface area contributed by atoms with Crippen LogP contribution < -0.4 is 4.74 Å². The number of nitriles is 1. The van der Waals surface area contributed by atoms with Gasteiger partial charge in [-0.15, -0.1) is 0 Å². The number of hydrogen-bond acceptors (Lipinski definition) is 6. The molecule has 2 aromatic heterocycles. The molecule has 1 aliphatic heterocycles. The lowest BCUT2D eigenvalue weighted by molar-refractivity contribution is 0.0770. The van der Waals surface area contributed by atoms with Crippen molar-refractivity contribution in [3.05, 3.63) is 47.7 Å². The van der Waals surface area contributed by atoms with Crippen LogP contribution in [0, 0.1) is 18.3 Å². The van der Waals surface area contributed by atoms with Crippen molar-refractivity contribution in [1.29, 1.82) is 5.26 Å². The molecule has 1 fully saturated rings. The molecule has 7 heteroatoms. The number of pyridine rings is 1. The van der Waals surface area contributed by atoms with Crippen LogP contribution in [0.3, 0.4) is 0 Å². The number of amides is 1. The predicted octanol–water partition coefficient (Wildman–Crippen LogP) is 1.35. The minimum atomic E-state index is -0.195. The van der Waals surface area contributed by atoms with Crippen molar-refractivity contribution in [2.45, 2.75) is 19.4 Å². The first kappa shape index (κ1) is 14.9. The molecule has 0 aliphatic carbocycles. The Morgan fingerprint density at radius 1 is 1.35 bits per heavy atom. The van der Waals surface area contributed by atoms with Crippen LogP contribution >= 0.6 is 0 Å². The standard InChI is InChI=1S/C16H15N5O2/c1-11-13(3-2-5-18-11)16(22)21-8-4-12(10-21)23-15-14(9-17)19-6-7-20-15/h2-3,5-7,12H,4,8,10H2,1H3. The lowest BCUT2D eigenvalue weighted by Crippen LogP contribution is -2.31. The van der Waals surface area contributed by atoms with E-state index in [1.165, 1.54) is 12.4 Å². The van der Waals surface area contributed by atoms with Crippen LogP contribution in [0.15, 0.2) is 30.7 Å². The third-order valence-electron chi connectivity index (χ3n) is 3.72. The van der Waals surface area contributed by atoms with Gasteiger partial charge in [-0.2, -0.15) is 5.26 Å². The van der Waals surface area contributed by atoms with E-state index >= 15 is 0 Å². The van der Waals surface area contributed by atoms with E-state index in [0.29, 0.717) is 30.8 Å². The first-order valence-electron chi connectivity index (χ1n) is 7.27. The summed E-state index contributed by atoms with van der Waals surface area (Å²) in [7, 11) is 0. The first-order valence-corrected chi connectivity index (χ1v) is 7.27. The van der Waals surface area contributed by atoms with E-state index < -0.39 is 0 Å². The Bertz CT molecular complexity index is 771. The van der Waals surface area contributed by atoms with Crippen molar-refractivity contribution in [3.8, 4) is 11.9 Å². The molecule has 0 saturated carbocycles. The van der Waals surface area contributed by atoms with E-state index in [2.05, 4.69) is 15.0 Å². The van der Waals surface area contributed by atoms with Crippen LogP contribution in [-0.2, 0) is 0 Å². The maximum Gasteiger partial charge on any atom is 0.255 e. The highest BCUT2D eigenvalue weighted by Gasteiger charge is 2.29. The Balaban J connectivity index is 1.68. The number of carbonyl (C=O) groups excluding carboxylic acids is 1. The number of ether oxygens (including phenoxy) is 1. The Labute approximate surface area is 133 Å². The van der Waals surface area contributed by atoms with Crippen LogP contribution in [-0.4, -0.2) is 45.0 Å². The fraction of sp³-hybridized carbons (Fsp3) is 0.312. The number of likely N-dealkylation sites (tertiary alicyclic amines) is 1. The topological polar surface area (TPSA) is 92.0 Å². The van der Waals surface area contributed by atoms with Gasteiger partial charge in [-0.1, -0.05) is 0 Å². The second kappa shape index (κ2) is 6.40. The zero-order valence-corrected chi connectivity index (χ0v) is 12.6. The largest absolute Gasteiger partial charge is 0.470 e. The van der Waals surface area contributed by atoms with E-state index in [1.807, 2.05) is 13.0 Å². The van der Waals surface area contributed by atoms with Gasteiger partial charge in [0.2, 0.25) is 5.69 Å². The van der Waals surface area contributed by atoms with Crippen molar-refractivity contribution in [2.75, 3.05) is 13.1 Å². The maximum atomic E-state index is 12.5. The highest BCUT2D eigenvalue weighted by molar-refractivity contribution is 5.95. The lowest BCUT2D eigenvalue weighted by atomic mass is 10.2. The van der Waals surface area contributed by atoms with Gasteiger partial charge >= 0.3 is 0 Å². The van der Waals surface area contributed by atoms with Crippen molar-refractivity contribution in [2.24, 2.45) is 0 Å². The van der Waals surface area contributed by atoms with Crippen LogP contribution in [0.4, 0.5) is 0 Å². The van der Waals surface area contributed by atoms with Gasteiger partial charge in [0.25, 0.3) is 11.8 Å². The number of nitrogens with zero attached hydrogens (tertiary/aromatic N) is 5. The van der Waals surface area contributed by atoms with Gasteiger partial charge in [0.15, 0.2) is 0 Å². The molecule has 0 N–H and O–H groups in total. The SMILES string of the molecule is Cc1ncccc1C(=O)N1CCC(Oc2nccnc2C#N)C1. The van der Waals surface area contributed by atoms with Gasteiger partial charge in [-0.05, 0) is 19.1 Å². The minimum Gasteiger partial charge on any atom is -0.470 e. The van der Waals surface area contributed by atoms with Gasteiger partial charge in [-0.25, -0.2) is 9.97 Å². The molecule has 0 radical (unpaired) electrons. The lowest BCUT2D eigenvalue weighted by Gasteiger charge is -2.17. The van der Waals surface area contributed by atoms with E-state index in [-0.39, 0.29) is 23.6 Å². The van der Waals surface area contributed by atoms with Crippen LogP contribution in [0.25, 0.3) is 0 Å². The van der Waals surface area contributed by atoms with E-state index in [1.54, 1.807) is 23.2 Å².